The predicted octanol–water partition coefficient (Wildman–Crippen LogP) is 0.806. The molecular weight excluding hydrogens is 204 g/mol. The molecule has 0 bridgehead atoms. The maximum absolute atomic E-state index is 11.2. The molecule has 0 saturated carbocycles. The fourth-order valence-corrected chi connectivity index (χ4v) is 1.04. The smallest absolute Gasteiger partial charge is 0.227 e. The first-order valence-corrected chi connectivity index (χ1v) is 4.49. The highest BCUT2D eigenvalue weighted by Crippen LogP contribution is 2.06. The summed E-state index contributed by atoms with van der Waals surface area (Å²) in [5, 5.41) is 2.66. The number of carbonyl (C=O) groups excluding carboxylic acids is 1. The van der Waals surface area contributed by atoms with Gasteiger partial charge in [0.15, 0.2) is 0 Å². The standard InChI is InChI=1S/C8H11ClN4O/c1-5(10)4-7(14)12-6-2-3-11-8(9)13-6/h2-3,5H,4,10H2,1H3,(H,11,12,13,14). The number of anilines is 1. The van der Waals surface area contributed by atoms with Crippen LogP contribution in [0.15, 0.2) is 12.3 Å². The van der Waals surface area contributed by atoms with Crippen molar-refractivity contribution >= 4 is 23.3 Å². The lowest BCUT2D eigenvalue weighted by molar-refractivity contribution is -0.116. The molecule has 0 radical (unpaired) electrons. The molecule has 14 heavy (non-hydrogen) atoms. The van der Waals surface area contributed by atoms with Crippen LogP contribution in [0.2, 0.25) is 5.28 Å². The fraction of sp³-hybridized carbons (Fsp3) is 0.375. The zero-order valence-corrected chi connectivity index (χ0v) is 8.45. The van der Waals surface area contributed by atoms with Gasteiger partial charge in [0.05, 0.1) is 0 Å². The molecule has 0 aliphatic carbocycles. The molecule has 0 aliphatic rings. The molecule has 1 aromatic heterocycles. The fourth-order valence-electron chi connectivity index (χ4n) is 0.891. The van der Waals surface area contributed by atoms with E-state index >= 15 is 0 Å². The zero-order chi connectivity index (χ0) is 10.6. The van der Waals surface area contributed by atoms with Crippen LogP contribution in [0.1, 0.15) is 13.3 Å². The van der Waals surface area contributed by atoms with Gasteiger partial charge in [0.25, 0.3) is 0 Å². The summed E-state index contributed by atoms with van der Waals surface area (Å²) in [5.41, 5.74) is 5.46. The summed E-state index contributed by atoms with van der Waals surface area (Å²) >= 11 is 5.54. The largest absolute Gasteiger partial charge is 0.327 e. The number of halogens is 1. The van der Waals surface area contributed by atoms with Crippen LogP contribution in [0.25, 0.3) is 0 Å². The third-order valence-electron chi connectivity index (χ3n) is 1.40. The van der Waals surface area contributed by atoms with Crippen molar-refractivity contribution < 1.29 is 4.79 Å². The maximum atomic E-state index is 11.2. The second-order valence-electron chi connectivity index (χ2n) is 2.94. The van der Waals surface area contributed by atoms with Crippen LogP contribution in [-0.2, 0) is 4.79 Å². The lowest BCUT2D eigenvalue weighted by atomic mass is 10.2. The Kier molecular flexibility index (Phi) is 3.79. The topological polar surface area (TPSA) is 80.9 Å². The van der Waals surface area contributed by atoms with Gasteiger partial charge in [-0.15, -0.1) is 0 Å². The Morgan fingerprint density at radius 2 is 2.50 bits per heavy atom. The van der Waals surface area contributed by atoms with Crippen LogP contribution >= 0.6 is 11.6 Å². The van der Waals surface area contributed by atoms with Gasteiger partial charge in [0.1, 0.15) is 5.82 Å². The number of aromatic nitrogens is 2. The lowest BCUT2D eigenvalue weighted by Gasteiger charge is -2.05. The van der Waals surface area contributed by atoms with Crippen molar-refractivity contribution in [3.8, 4) is 0 Å². The second-order valence-corrected chi connectivity index (χ2v) is 3.28. The molecule has 0 aromatic carbocycles. The Morgan fingerprint density at radius 1 is 1.79 bits per heavy atom. The van der Waals surface area contributed by atoms with E-state index in [2.05, 4.69) is 15.3 Å². The summed E-state index contributed by atoms with van der Waals surface area (Å²) < 4.78 is 0. The summed E-state index contributed by atoms with van der Waals surface area (Å²) in [7, 11) is 0. The molecule has 76 valence electrons. The van der Waals surface area contributed by atoms with Gasteiger partial charge in [-0.3, -0.25) is 4.79 Å². The summed E-state index contributed by atoms with van der Waals surface area (Å²) in [6, 6.07) is 1.39. The van der Waals surface area contributed by atoms with Gasteiger partial charge in [-0.05, 0) is 24.6 Å². The van der Waals surface area contributed by atoms with Crippen molar-refractivity contribution in [2.75, 3.05) is 5.32 Å². The van der Waals surface area contributed by atoms with E-state index in [1.165, 1.54) is 6.20 Å². The molecule has 0 fully saturated rings. The highest BCUT2D eigenvalue weighted by molar-refractivity contribution is 6.28. The molecule has 1 aromatic rings. The van der Waals surface area contributed by atoms with Crippen molar-refractivity contribution in [3.63, 3.8) is 0 Å². The van der Waals surface area contributed by atoms with E-state index in [4.69, 9.17) is 17.3 Å². The second kappa shape index (κ2) is 4.88. The lowest BCUT2D eigenvalue weighted by Crippen LogP contribution is -2.24. The van der Waals surface area contributed by atoms with Crippen molar-refractivity contribution in [2.45, 2.75) is 19.4 Å². The Balaban J connectivity index is 2.56. The van der Waals surface area contributed by atoms with E-state index < -0.39 is 0 Å². The van der Waals surface area contributed by atoms with Gasteiger partial charge in [-0.25, -0.2) is 9.97 Å². The first-order valence-electron chi connectivity index (χ1n) is 4.12. The number of hydrogen-bond donors (Lipinski definition) is 2. The molecule has 1 rings (SSSR count). The number of hydrogen-bond acceptors (Lipinski definition) is 4. The number of carbonyl (C=O) groups is 1. The van der Waals surface area contributed by atoms with Crippen LogP contribution in [0.3, 0.4) is 0 Å². The number of rotatable bonds is 3. The van der Waals surface area contributed by atoms with Crippen LogP contribution in [-0.4, -0.2) is 21.9 Å². The summed E-state index contributed by atoms with van der Waals surface area (Å²) in [4.78, 5) is 18.7. The van der Waals surface area contributed by atoms with Gasteiger partial charge in [-0.2, -0.15) is 0 Å². The number of nitrogens with zero attached hydrogens (tertiary/aromatic N) is 2. The van der Waals surface area contributed by atoms with E-state index in [1.807, 2.05) is 0 Å². The molecule has 0 spiro atoms. The molecule has 1 heterocycles. The van der Waals surface area contributed by atoms with Crippen molar-refractivity contribution in [1.29, 1.82) is 0 Å². The minimum Gasteiger partial charge on any atom is -0.327 e. The first kappa shape index (κ1) is 10.9. The third-order valence-corrected chi connectivity index (χ3v) is 1.58. The quantitative estimate of drug-likeness (QED) is 0.730. The van der Waals surface area contributed by atoms with Gasteiger partial charge in [0.2, 0.25) is 11.2 Å². The van der Waals surface area contributed by atoms with Gasteiger partial charge < -0.3 is 11.1 Å². The average Bonchev–Trinajstić information content (AvgIpc) is 2.01. The average molecular weight is 215 g/mol. The van der Waals surface area contributed by atoms with Gasteiger partial charge >= 0.3 is 0 Å². The Labute approximate surface area is 86.7 Å². The van der Waals surface area contributed by atoms with Crippen LogP contribution in [0, 0.1) is 0 Å². The van der Waals surface area contributed by atoms with E-state index in [9.17, 15) is 4.79 Å². The van der Waals surface area contributed by atoms with Crippen molar-refractivity contribution in [2.24, 2.45) is 5.73 Å². The molecule has 1 amide bonds. The summed E-state index contributed by atoms with van der Waals surface area (Å²) in [5.74, 6) is 0.199. The third kappa shape index (κ3) is 3.68. The van der Waals surface area contributed by atoms with Crippen molar-refractivity contribution in [1.82, 2.24) is 9.97 Å². The Hall–Kier alpha value is -1.20. The van der Waals surface area contributed by atoms with E-state index in [0.717, 1.165) is 0 Å². The minimum absolute atomic E-state index is 0.101. The molecule has 3 N–H and O–H groups in total. The normalized spacial score (nSPS) is 12.2. The van der Waals surface area contributed by atoms with Gasteiger partial charge in [0, 0.05) is 18.7 Å². The molecule has 0 saturated heterocycles. The van der Waals surface area contributed by atoms with Crippen LogP contribution in [0.5, 0.6) is 0 Å². The molecule has 1 atom stereocenters. The zero-order valence-electron chi connectivity index (χ0n) is 7.70. The highest BCUT2D eigenvalue weighted by atomic mass is 35.5. The molecule has 1 unspecified atom stereocenters. The first-order chi connectivity index (χ1) is 6.58. The molecule has 6 heteroatoms. The predicted molar refractivity (Wildman–Crippen MR) is 53.9 cm³/mol. The van der Waals surface area contributed by atoms with E-state index in [0.29, 0.717) is 5.82 Å². The monoisotopic (exact) mass is 214 g/mol. The highest BCUT2D eigenvalue weighted by Gasteiger charge is 2.06. The van der Waals surface area contributed by atoms with E-state index in [-0.39, 0.29) is 23.7 Å². The number of nitrogens with two attached hydrogens (primary N) is 1. The summed E-state index contributed by atoms with van der Waals surface area (Å²) in [6.07, 6.45) is 1.72. The van der Waals surface area contributed by atoms with Crippen LogP contribution < -0.4 is 11.1 Å². The maximum Gasteiger partial charge on any atom is 0.227 e. The van der Waals surface area contributed by atoms with Crippen LogP contribution in [0.4, 0.5) is 5.82 Å². The number of nitrogens with one attached hydrogen (secondary N) is 1. The molecule has 5 nitrogen and oxygen atoms in total. The Morgan fingerprint density at radius 3 is 3.07 bits per heavy atom. The molecule has 0 aliphatic heterocycles. The molecular formula is C8H11ClN4O. The SMILES string of the molecule is CC(N)CC(=O)Nc1ccnc(Cl)n1. The van der Waals surface area contributed by atoms with Crippen molar-refractivity contribution in [3.05, 3.63) is 17.5 Å². The minimum atomic E-state index is -0.185. The summed E-state index contributed by atoms with van der Waals surface area (Å²) in [6.45, 7) is 1.76. The van der Waals surface area contributed by atoms with Gasteiger partial charge in [-0.1, -0.05) is 0 Å². The number of amides is 1. The van der Waals surface area contributed by atoms with E-state index in [1.54, 1.807) is 13.0 Å². The Bertz CT molecular complexity index is 329.